The predicted octanol–water partition coefficient (Wildman–Crippen LogP) is 3.84. The second kappa shape index (κ2) is 5.40. The summed E-state index contributed by atoms with van der Waals surface area (Å²) in [6, 6.07) is 10.1. The van der Waals surface area contributed by atoms with Crippen molar-refractivity contribution < 1.29 is 13.2 Å². The highest BCUT2D eigenvalue weighted by atomic mass is 19.4. The number of para-hydroxylation sites is 1. The van der Waals surface area contributed by atoms with Gasteiger partial charge in [-0.2, -0.15) is 13.2 Å². The lowest BCUT2D eigenvalue weighted by molar-refractivity contribution is -0.141. The van der Waals surface area contributed by atoms with Crippen molar-refractivity contribution in [2.75, 3.05) is 17.2 Å². The number of halogens is 3. The zero-order chi connectivity index (χ0) is 14.8. The van der Waals surface area contributed by atoms with Gasteiger partial charge in [-0.15, -0.1) is 0 Å². The topological polar surface area (TPSA) is 42.2 Å². The van der Waals surface area contributed by atoms with Crippen molar-refractivity contribution in [3.8, 4) is 0 Å². The molecule has 0 aliphatic carbocycles. The molecule has 0 amide bonds. The van der Waals surface area contributed by atoms with Crippen LogP contribution < -0.4 is 10.6 Å². The van der Waals surface area contributed by atoms with Gasteiger partial charge in [0.15, 0.2) is 0 Å². The highest BCUT2D eigenvalue weighted by molar-refractivity contribution is 5.74. The minimum atomic E-state index is -4.49. The molecule has 0 saturated carbocycles. The van der Waals surface area contributed by atoms with Crippen molar-refractivity contribution >= 4 is 17.1 Å². The standard InChI is InChI=1S/C14H14F3N3/c1-2-20(10-6-4-3-5-7-10)12-8-13(14(15,16)17)19-9-11(12)18/h3-9H,2,18H2,1H3. The third-order valence-electron chi connectivity index (χ3n) is 2.88. The van der Waals surface area contributed by atoms with E-state index in [0.29, 0.717) is 12.2 Å². The summed E-state index contributed by atoms with van der Waals surface area (Å²) in [5.41, 5.74) is 6.12. The second-order valence-corrected chi connectivity index (χ2v) is 4.21. The smallest absolute Gasteiger partial charge is 0.396 e. The number of benzene rings is 1. The van der Waals surface area contributed by atoms with Gasteiger partial charge in [-0.1, -0.05) is 18.2 Å². The summed E-state index contributed by atoms with van der Waals surface area (Å²) in [4.78, 5) is 5.06. The Bertz CT molecular complexity index is 582. The Balaban J connectivity index is 2.50. The quantitative estimate of drug-likeness (QED) is 0.929. The molecule has 6 heteroatoms. The first-order chi connectivity index (χ1) is 9.43. The molecule has 0 bridgehead atoms. The van der Waals surface area contributed by atoms with Crippen LogP contribution in [0.4, 0.5) is 30.2 Å². The zero-order valence-electron chi connectivity index (χ0n) is 10.9. The molecule has 0 aliphatic heterocycles. The molecule has 0 radical (unpaired) electrons. The van der Waals surface area contributed by atoms with Gasteiger partial charge in [0.05, 0.1) is 17.6 Å². The van der Waals surface area contributed by atoms with E-state index in [2.05, 4.69) is 4.98 Å². The van der Waals surface area contributed by atoms with Crippen LogP contribution in [-0.2, 0) is 6.18 Å². The Labute approximate surface area is 114 Å². The van der Waals surface area contributed by atoms with Crippen molar-refractivity contribution in [2.45, 2.75) is 13.1 Å². The van der Waals surface area contributed by atoms with E-state index in [1.54, 1.807) is 4.90 Å². The molecule has 0 spiro atoms. The molecule has 0 atom stereocenters. The van der Waals surface area contributed by atoms with Crippen molar-refractivity contribution in [1.82, 2.24) is 4.98 Å². The van der Waals surface area contributed by atoms with Crippen LogP contribution in [0.3, 0.4) is 0 Å². The molecule has 20 heavy (non-hydrogen) atoms. The van der Waals surface area contributed by atoms with Crippen molar-refractivity contribution in [3.05, 3.63) is 48.3 Å². The van der Waals surface area contributed by atoms with Crippen molar-refractivity contribution in [1.29, 1.82) is 0 Å². The van der Waals surface area contributed by atoms with Gasteiger partial charge < -0.3 is 10.6 Å². The van der Waals surface area contributed by atoms with E-state index >= 15 is 0 Å². The molecule has 1 aromatic carbocycles. The summed E-state index contributed by atoms with van der Waals surface area (Å²) < 4.78 is 38.2. The van der Waals surface area contributed by atoms with Crippen LogP contribution in [0.25, 0.3) is 0 Å². The Kier molecular flexibility index (Phi) is 3.83. The fourth-order valence-electron chi connectivity index (χ4n) is 1.94. The molecular weight excluding hydrogens is 267 g/mol. The number of pyridine rings is 1. The maximum Gasteiger partial charge on any atom is 0.433 e. The van der Waals surface area contributed by atoms with Gasteiger partial charge in [0.2, 0.25) is 0 Å². The third kappa shape index (κ3) is 2.84. The zero-order valence-corrected chi connectivity index (χ0v) is 10.9. The highest BCUT2D eigenvalue weighted by Gasteiger charge is 2.33. The van der Waals surface area contributed by atoms with Gasteiger partial charge in [-0.25, -0.2) is 4.98 Å². The predicted molar refractivity (Wildman–Crippen MR) is 72.8 cm³/mol. The van der Waals surface area contributed by atoms with Gasteiger partial charge >= 0.3 is 6.18 Å². The van der Waals surface area contributed by atoms with Crippen LogP contribution in [0.5, 0.6) is 0 Å². The fourth-order valence-corrected chi connectivity index (χ4v) is 1.94. The number of nitrogens with zero attached hydrogens (tertiary/aromatic N) is 2. The van der Waals surface area contributed by atoms with Gasteiger partial charge in [0.25, 0.3) is 0 Å². The van der Waals surface area contributed by atoms with Crippen LogP contribution in [0, 0.1) is 0 Å². The van der Waals surface area contributed by atoms with Crippen LogP contribution >= 0.6 is 0 Å². The van der Waals surface area contributed by atoms with E-state index < -0.39 is 11.9 Å². The van der Waals surface area contributed by atoms with E-state index in [4.69, 9.17) is 5.73 Å². The molecule has 0 saturated heterocycles. The molecule has 1 aromatic heterocycles. The highest BCUT2D eigenvalue weighted by Crippen LogP contribution is 2.35. The normalized spacial score (nSPS) is 11.4. The first-order valence-corrected chi connectivity index (χ1v) is 6.08. The number of hydrogen-bond acceptors (Lipinski definition) is 3. The maximum absolute atomic E-state index is 12.7. The molecule has 3 nitrogen and oxygen atoms in total. The number of alkyl halides is 3. The van der Waals surface area contributed by atoms with E-state index in [0.717, 1.165) is 18.0 Å². The largest absolute Gasteiger partial charge is 0.433 e. The van der Waals surface area contributed by atoms with E-state index in [1.165, 1.54) is 0 Å². The minimum absolute atomic E-state index is 0.212. The Morgan fingerprint density at radius 2 is 1.85 bits per heavy atom. The summed E-state index contributed by atoms with van der Waals surface area (Å²) in [6.45, 7) is 2.34. The van der Waals surface area contributed by atoms with Crippen LogP contribution in [0.15, 0.2) is 42.6 Å². The number of rotatable bonds is 3. The molecule has 2 N–H and O–H groups in total. The number of aromatic nitrogens is 1. The number of anilines is 3. The summed E-state index contributed by atoms with van der Waals surface area (Å²) in [5.74, 6) is 0. The summed E-state index contributed by atoms with van der Waals surface area (Å²) in [7, 11) is 0. The van der Waals surface area contributed by atoms with Crippen LogP contribution in [-0.4, -0.2) is 11.5 Å². The second-order valence-electron chi connectivity index (χ2n) is 4.21. The molecule has 2 rings (SSSR count). The molecule has 106 valence electrons. The fraction of sp³-hybridized carbons (Fsp3) is 0.214. The Morgan fingerprint density at radius 3 is 2.40 bits per heavy atom. The van der Waals surface area contributed by atoms with E-state index in [1.807, 2.05) is 37.3 Å². The number of nitrogens with two attached hydrogens (primary N) is 1. The molecule has 0 unspecified atom stereocenters. The van der Waals surface area contributed by atoms with Crippen LogP contribution in [0.2, 0.25) is 0 Å². The average molecular weight is 281 g/mol. The lowest BCUT2D eigenvalue weighted by atomic mass is 10.2. The van der Waals surface area contributed by atoms with Gasteiger partial charge in [-0.05, 0) is 25.1 Å². The van der Waals surface area contributed by atoms with Gasteiger partial charge in [-0.3, -0.25) is 0 Å². The Morgan fingerprint density at radius 1 is 1.20 bits per heavy atom. The number of nitrogen functional groups attached to an aromatic ring is 1. The summed E-state index contributed by atoms with van der Waals surface area (Å²) in [5, 5.41) is 0. The molecule has 1 heterocycles. The van der Waals surface area contributed by atoms with E-state index in [9.17, 15) is 13.2 Å². The summed E-state index contributed by atoms with van der Waals surface area (Å²) in [6.07, 6.45) is -3.44. The van der Waals surface area contributed by atoms with Crippen LogP contribution in [0.1, 0.15) is 12.6 Å². The van der Waals surface area contributed by atoms with Gasteiger partial charge in [0.1, 0.15) is 5.69 Å². The maximum atomic E-state index is 12.7. The number of hydrogen-bond donors (Lipinski definition) is 1. The molecule has 0 aliphatic rings. The first-order valence-electron chi connectivity index (χ1n) is 6.08. The minimum Gasteiger partial charge on any atom is -0.396 e. The monoisotopic (exact) mass is 281 g/mol. The molecular formula is C14H14F3N3. The SMILES string of the molecule is CCN(c1ccccc1)c1cc(C(F)(F)F)ncc1N. The lowest BCUT2D eigenvalue weighted by Gasteiger charge is -2.25. The summed E-state index contributed by atoms with van der Waals surface area (Å²) >= 11 is 0. The average Bonchev–Trinajstić information content (AvgIpc) is 2.41. The van der Waals surface area contributed by atoms with E-state index in [-0.39, 0.29) is 5.69 Å². The third-order valence-corrected chi connectivity index (χ3v) is 2.88. The lowest BCUT2D eigenvalue weighted by Crippen LogP contribution is -2.19. The first kappa shape index (κ1) is 14.2. The van der Waals surface area contributed by atoms with Crippen molar-refractivity contribution in [2.24, 2.45) is 0 Å². The Hall–Kier alpha value is -2.24. The molecule has 0 fully saturated rings. The van der Waals surface area contributed by atoms with Crippen molar-refractivity contribution in [3.63, 3.8) is 0 Å². The molecule has 2 aromatic rings. The van der Waals surface area contributed by atoms with Gasteiger partial charge in [0, 0.05) is 12.2 Å².